The van der Waals surface area contributed by atoms with Crippen LogP contribution < -0.4 is 5.32 Å². The number of amides is 2. The van der Waals surface area contributed by atoms with Crippen molar-refractivity contribution in [2.45, 2.75) is 57.2 Å². The van der Waals surface area contributed by atoms with E-state index >= 15 is 0 Å². The number of hydrogen-bond acceptors (Lipinski definition) is 3. The second-order valence-corrected chi connectivity index (χ2v) is 8.23. The zero-order chi connectivity index (χ0) is 17.9. The Hall–Kier alpha value is -2.14. The maximum absolute atomic E-state index is 13.2. The SMILES string of the molecule is O=C(NC1CCCCCC1)[C@@H]1c2ccccc2C(=O)N1Cc1cccs1. The molecule has 1 aliphatic carbocycles. The normalized spacial score (nSPS) is 20.7. The van der Waals surface area contributed by atoms with Crippen LogP contribution in [0.2, 0.25) is 0 Å². The molecule has 2 aliphatic rings. The van der Waals surface area contributed by atoms with E-state index in [0.717, 1.165) is 23.3 Å². The third-order valence-corrected chi connectivity index (χ3v) is 6.28. The lowest BCUT2D eigenvalue weighted by atomic mass is 10.0. The van der Waals surface area contributed by atoms with Gasteiger partial charge >= 0.3 is 0 Å². The van der Waals surface area contributed by atoms with E-state index in [4.69, 9.17) is 0 Å². The minimum Gasteiger partial charge on any atom is -0.351 e. The third-order valence-electron chi connectivity index (χ3n) is 5.41. The fourth-order valence-corrected chi connectivity index (χ4v) is 4.79. The van der Waals surface area contributed by atoms with Crippen LogP contribution in [0, 0.1) is 0 Å². The van der Waals surface area contributed by atoms with Crippen molar-refractivity contribution < 1.29 is 9.59 Å². The highest BCUT2D eigenvalue weighted by Gasteiger charge is 2.41. The second-order valence-electron chi connectivity index (χ2n) is 7.20. The zero-order valence-corrected chi connectivity index (χ0v) is 15.6. The molecule has 0 unspecified atom stereocenters. The monoisotopic (exact) mass is 368 g/mol. The maximum Gasteiger partial charge on any atom is 0.255 e. The fourth-order valence-electron chi connectivity index (χ4n) is 4.09. The summed E-state index contributed by atoms with van der Waals surface area (Å²) >= 11 is 1.62. The first-order valence-electron chi connectivity index (χ1n) is 9.46. The number of benzene rings is 1. The summed E-state index contributed by atoms with van der Waals surface area (Å²) < 4.78 is 0. The number of fused-ring (bicyclic) bond motifs is 1. The highest BCUT2D eigenvalue weighted by atomic mass is 32.1. The summed E-state index contributed by atoms with van der Waals surface area (Å²) in [7, 11) is 0. The summed E-state index contributed by atoms with van der Waals surface area (Å²) in [5, 5.41) is 5.25. The Morgan fingerprint density at radius 2 is 1.85 bits per heavy atom. The lowest BCUT2D eigenvalue weighted by Gasteiger charge is -2.26. The molecule has 0 spiro atoms. The topological polar surface area (TPSA) is 49.4 Å². The first-order valence-corrected chi connectivity index (χ1v) is 10.3. The van der Waals surface area contributed by atoms with Crippen LogP contribution in [0.1, 0.15) is 65.4 Å². The van der Waals surface area contributed by atoms with E-state index in [1.807, 2.05) is 41.8 Å². The van der Waals surface area contributed by atoms with Gasteiger partial charge in [-0.25, -0.2) is 0 Å². The van der Waals surface area contributed by atoms with Gasteiger partial charge in [-0.3, -0.25) is 9.59 Å². The summed E-state index contributed by atoms with van der Waals surface area (Å²) in [6.07, 6.45) is 6.93. The van der Waals surface area contributed by atoms with E-state index < -0.39 is 6.04 Å². The van der Waals surface area contributed by atoms with Gasteiger partial charge in [0.1, 0.15) is 6.04 Å². The number of thiophene rings is 1. The molecule has 4 nitrogen and oxygen atoms in total. The van der Waals surface area contributed by atoms with Gasteiger partial charge in [-0.15, -0.1) is 11.3 Å². The van der Waals surface area contributed by atoms with Gasteiger partial charge < -0.3 is 10.2 Å². The quantitative estimate of drug-likeness (QED) is 0.819. The molecule has 4 rings (SSSR count). The lowest BCUT2D eigenvalue weighted by molar-refractivity contribution is -0.126. The molecular formula is C21H24N2O2S. The van der Waals surface area contributed by atoms with Crippen LogP contribution in [-0.4, -0.2) is 22.8 Å². The molecule has 1 aromatic carbocycles. The van der Waals surface area contributed by atoms with Gasteiger partial charge in [-0.05, 0) is 35.9 Å². The molecule has 1 fully saturated rings. The van der Waals surface area contributed by atoms with E-state index in [1.54, 1.807) is 16.2 Å². The smallest absolute Gasteiger partial charge is 0.255 e. The summed E-state index contributed by atoms with van der Waals surface area (Å²) in [5.74, 6) is -0.0817. The average molecular weight is 369 g/mol. The molecule has 0 saturated heterocycles. The Morgan fingerprint density at radius 3 is 2.58 bits per heavy atom. The van der Waals surface area contributed by atoms with Gasteiger partial charge in [-0.1, -0.05) is 49.9 Å². The molecule has 1 saturated carbocycles. The second kappa shape index (κ2) is 7.62. The molecule has 136 valence electrons. The molecule has 2 heterocycles. The fraction of sp³-hybridized carbons (Fsp3) is 0.429. The van der Waals surface area contributed by atoms with E-state index in [1.165, 1.54) is 25.7 Å². The molecule has 2 amide bonds. The molecule has 2 aromatic rings. The highest BCUT2D eigenvalue weighted by molar-refractivity contribution is 7.09. The standard InChI is InChI=1S/C21H24N2O2S/c24-20(22-15-8-3-1-2-4-9-15)19-17-11-5-6-12-18(17)21(25)23(19)14-16-10-7-13-26-16/h5-7,10-13,15,19H,1-4,8-9,14H2,(H,22,24)/t19-/m0/s1. The van der Waals surface area contributed by atoms with Crippen LogP contribution in [0.4, 0.5) is 0 Å². The number of hydrogen-bond donors (Lipinski definition) is 1. The number of carbonyl (C=O) groups is 2. The van der Waals surface area contributed by atoms with Crippen molar-refractivity contribution in [3.63, 3.8) is 0 Å². The Balaban J connectivity index is 1.59. The summed E-state index contributed by atoms with van der Waals surface area (Å²) in [6.45, 7) is 0.480. The summed E-state index contributed by atoms with van der Waals surface area (Å²) in [4.78, 5) is 28.9. The molecule has 5 heteroatoms. The predicted octanol–water partition coefficient (Wildman–Crippen LogP) is 4.28. The summed E-state index contributed by atoms with van der Waals surface area (Å²) in [6, 6.07) is 11.2. The van der Waals surface area contributed by atoms with Crippen LogP contribution in [0.15, 0.2) is 41.8 Å². The molecule has 0 radical (unpaired) electrons. The number of rotatable bonds is 4. The first kappa shape index (κ1) is 17.3. The Morgan fingerprint density at radius 1 is 1.08 bits per heavy atom. The van der Waals surface area contributed by atoms with Gasteiger partial charge in [-0.2, -0.15) is 0 Å². The molecule has 1 atom stereocenters. The Labute approximate surface area is 158 Å². The van der Waals surface area contributed by atoms with Crippen molar-refractivity contribution in [1.29, 1.82) is 0 Å². The molecule has 1 N–H and O–H groups in total. The van der Waals surface area contributed by atoms with E-state index in [-0.39, 0.29) is 17.9 Å². The molecule has 1 aromatic heterocycles. The first-order chi connectivity index (χ1) is 12.7. The molecule has 0 bridgehead atoms. The largest absolute Gasteiger partial charge is 0.351 e. The summed E-state index contributed by atoms with van der Waals surface area (Å²) in [5.41, 5.74) is 1.49. The van der Waals surface area contributed by atoms with E-state index in [9.17, 15) is 9.59 Å². The third kappa shape index (κ3) is 3.40. The van der Waals surface area contributed by atoms with Gasteiger partial charge in [0.2, 0.25) is 5.91 Å². The maximum atomic E-state index is 13.2. The van der Waals surface area contributed by atoms with Crippen molar-refractivity contribution in [2.75, 3.05) is 0 Å². The van der Waals surface area contributed by atoms with Crippen molar-refractivity contribution in [3.8, 4) is 0 Å². The zero-order valence-electron chi connectivity index (χ0n) is 14.8. The van der Waals surface area contributed by atoms with Gasteiger partial charge in [0, 0.05) is 16.5 Å². The molecule has 26 heavy (non-hydrogen) atoms. The highest BCUT2D eigenvalue weighted by Crippen LogP contribution is 2.35. The van der Waals surface area contributed by atoms with Crippen molar-refractivity contribution in [2.24, 2.45) is 0 Å². The van der Waals surface area contributed by atoms with Crippen molar-refractivity contribution in [3.05, 3.63) is 57.8 Å². The van der Waals surface area contributed by atoms with E-state index in [2.05, 4.69) is 5.32 Å². The lowest BCUT2D eigenvalue weighted by Crippen LogP contribution is -2.43. The van der Waals surface area contributed by atoms with E-state index in [0.29, 0.717) is 12.1 Å². The van der Waals surface area contributed by atoms with Crippen LogP contribution in [-0.2, 0) is 11.3 Å². The Bertz CT molecular complexity index is 779. The van der Waals surface area contributed by atoms with Gasteiger partial charge in [0.25, 0.3) is 5.91 Å². The number of nitrogens with zero attached hydrogens (tertiary/aromatic N) is 1. The average Bonchev–Trinajstić information content (AvgIpc) is 3.16. The minimum atomic E-state index is -0.524. The van der Waals surface area contributed by atoms with Crippen molar-refractivity contribution >= 4 is 23.2 Å². The number of nitrogens with one attached hydrogen (secondary N) is 1. The Kier molecular flexibility index (Phi) is 5.07. The van der Waals surface area contributed by atoms with Gasteiger partial charge in [0.05, 0.1) is 6.54 Å². The number of carbonyl (C=O) groups excluding carboxylic acids is 2. The van der Waals surface area contributed by atoms with Crippen molar-refractivity contribution in [1.82, 2.24) is 10.2 Å². The van der Waals surface area contributed by atoms with Crippen LogP contribution in [0.25, 0.3) is 0 Å². The van der Waals surface area contributed by atoms with Gasteiger partial charge in [0.15, 0.2) is 0 Å². The van der Waals surface area contributed by atoms with Crippen LogP contribution in [0.3, 0.4) is 0 Å². The minimum absolute atomic E-state index is 0.0354. The predicted molar refractivity (Wildman–Crippen MR) is 103 cm³/mol. The molecular weight excluding hydrogens is 344 g/mol. The molecule has 1 aliphatic heterocycles. The van der Waals surface area contributed by atoms with Crippen LogP contribution >= 0.6 is 11.3 Å². The van der Waals surface area contributed by atoms with Crippen LogP contribution in [0.5, 0.6) is 0 Å².